The lowest BCUT2D eigenvalue weighted by molar-refractivity contribution is -0.143. The maximum absolute atomic E-state index is 14.2. The molecule has 0 radical (unpaired) electrons. The van der Waals surface area contributed by atoms with E-state index in [1.165, 1.54) is 0 Å². The Morgan fingerprint density at radius 1 is 0.818 bits per heavy atom. The average Bonchev–Trinajstić information content (AvgIpc) is 3.00. The number of halogens is 11. The van der Waals surface area contributed by atoms with Crippen molar-refractivity contribution in [1.82, 2.24) is 9.78 Å². The van der Waals surface area contributed by atoms with Gasteiger partial charge in [-0.2, -0.15) is 13.2 Å². The van der Waals surface area contributed by atoms with E-state index in [9.17, 15) is 57.9 Å². The van der Waals surface area contributed by atoms with E-state index in [0.29, 0.717) is 0 Å². The Balaban J connectivity index is 2.29. The second kappa shape index (κ2) is 7.74. The van der Waals surface area contributed by atoms with Crippen LogP contribution in [0.4, 0.5) is 48.3 Å². The van der Waals surface area contributed by atoms with Gasteiger partial charge in [0.1, 0.15) is 16.8 Å². The molecule has 4 nitrogen and oxygen atoms in total. The lowest BCUT2D eigenvalue weighted by atomic mass is 10.0. The molecule has 3 aromatic rings. The zero-order chi connectivity index (χ0) is 25.2. The molecule has 0 amide bonds. The summed E-state index contributed by atoms with van der Waals surface area (Å²) in [7, 11) is 0. The van der Waals surface area contributed by atoms with Crippen molar-refractivity contribution >= 4 is 5.78 Å². The number of aryl methyl sites for hydroxylation is 1. The highest BCUT2D eigenvalue weighted by Crippen LogP contribution is 2.37. The second-order valence-electron chi connectivity index (χ2n) is 6.41. The van der Waals surface area contributed by atoms with Gasteiger partial charge in [0.05, 0.1) is 5.56 Å². The average molecular weight is 490 g/mol. The minimum Gasteiger partial charge on any atom is -0.294 e. The maximum atomic E-state index is 14.2. The van der Waals surface area contributed by atoms with E-state index in [-0.39, 0.29) is 6.07 Å². The predicted octanol–water partition coefficient (Wildman–Crippen LogP) is 4.84. The maximum Gasteiger partial charge on any atom is 0.422 e. The van der Waals surface area contributed by atoms with Gasteiger partial charge in [0.15, 0.2) is 46.5 Å². The normalized spacial score (nSPS) is 11.9. The molecule has 0 bridgehead atoms. The fourth-order valence-electron chi connectivity index (χ4n) is 2.91. The lowest BCUT2D eigenvalue weighted by Gasteiger charge is -2.14. The number of carbonyl (C=O) groups is 1. The summed E-state index contributed by atoms with van der Waals surface area (Å²) in [5.74, 6) is -22.1. The van der Waals surface area contributed by atoms with Crippen molar-refractivity contribution in [2.24, 2.45) is 0 Å². The van der Waals surface area contributed by atoms with Crippen LogP contribution >= 0.6 is 0 Å². The van der Waals surface area contributed by atoms with Gasteiger partial charge < -0.3 is 0 Å². The number of benzene rings is 2. The number of carbonyl (C=O) groups excluding carboxylic acids is 1. The number of aromatic amines is 1. The quantitative estimate of drug-likeness (QED) is 0.248. The van der Waals surface area contributed by atoms with Gasteiger partial charge in [0.2, 0.25) is 5.78 Å². The highest BCUT2D eigenvalue weighted by molar-refractivity contribution is 6.09. The van der Waals surface area contributed by atoms with E-state index < -0.39 is 96.8 Å². The van der Waals surface area contributed by atoms with Crippen molar-refractivity contribution in [3.63, 3.8) is 0 Å². The van der Waals surface area contributed by atoms with Crippen LogP contribution in [0.3, 0.4) is 0 Å². The van der Waals surface area contributed by atoms with Gasteiger partial charge in [-0.25, -0.2) is 39.8 Å². The summed E-state index contributed by atoms with van der Waals surface area (Å²) in [5, 5.41) is 1.74. The first-order chi connectivity index (χ1) is 15.1. The first-order valence-electron chi connectivity index (χ1n) is 8.24. The van der Waals surface area contributed by atoms with E-state index in [2.05, 4.69) is 0 Å². The molecule has 15 heteroatoms. The molecule has 0 unspecified atom stereocenters. The molecule has 1 aromatic heterocycles. The molecular formula is C18H5F11N2O2. The SMILES string of the molecule is Cc1[nH]n(-c2c(F)c(F)c(C(F)(F)F)c(F)c2F)c(=O)c1C(=O)c1cc(F)c(F)c(F)c1F. The zero-order valence-corrected chi connectivity index (χ0v) is 15.5. The molecular weight excluding hydrogens is 485 g/mol. The fourth-order valence-corrected chi connectivity index (χ4v) is 2.91. The molecule has 0 spiro atoms. The molecule has 0 saturated heterocycles. The van der Waals surface area contributed by atoms with E-state index in [1.807, 2.05) is 0 Å². The van der Waals surface area contributed by atoms with Gasteiger partial charge in [0.25, 0.3) is 5.56 Å². The van der Waals surface area contributed by atoms with E-state index >= 15 is 0 Å². The Morgan fingerprint density at radius 3 is 1.82 bits per heavy atom. The summed E-state index contributed by atoms with van der Waals surface area (Å²) in [6, 6.07) is -0.134. The van der Waals surface area contributed by atoms with Crippen LogP contribution in [0, 0.1) is 53.5 Å². The largest absolute Gasteiger partial charge is 0.422 e. The Bertz CT molecular complexity index is 1360. The van der Waals surface area contributed by atoms with Gasteiger partial charge >= 0.3 is 6.18 Å². The molecule has 0 aliphatic carbocycles. The van der Waals surface area contributed by atoms with E-state index in [4.69, 9.17) is 0 Å². The van der Waals surface area contributed by atoms with Crippen molar-refractivity contribution < 1.29 is 53.1 Å². The Morgan fingerprint density at radius 2 is 1.33 bits per heavy atom. The van der Waals surface area contributed by atoms with Crippen molar-refractivity contribution in [3.05, 3.63) is 85.3 Å². The zero-order valence-electron chi connectivity index (χ0n) is 15.5. The van der Waals surface area contributed by atoms with Crippen LogP contribution in [-0.4, -0.2) is 15.6 Å². The molecule has 0 atom stereocenters. The van der Waals surface area contributed by atoms with Gasteiger partial charge in [-0.05, 0) is 13.0 Å². The molecule has 3 rings (SSSR count). The summed E-state index contributed by atoms with van der Waals surface area (Å²) in [4.78, 5) is 24.9. The number of H-pyrrole nitrogens is 1. The topological polar surface area (TPSA) is 54.9 Å². The third-order valence-corrected chi connectivity index (χ3v) is 4.39. The van der Waals surface area contributed by atoms with Crippen molar-refractivity contribution in [1.29, 1.82) is 0 Å². The number of nitrogens with zero attached hydrogens (tertiary/aromatic N) is 1. The van der Waals surface area contributed by atoms with Crippen LogP contribution in [0.2, 0.25) is 0 Å². The molecule has 0 aliphatic heterocycles. The van der Waals surface area contributed by atoms with Crippen LogP contribution in [0.25, 0.3) is 5.69 Å². The predicted molar refractivity (Wildman–Crippen MR) is 85.7 cm³/mol. The second-order valence-corrected chi connectivity index (χ2v) is 6.41. The van der Waals surface area contributed by atoms with Crippen LogP contribution in [0.1, 0.15) is 27.2 Å². The van der Waals surface area contributed by atoms with Crippen LogP contribution in [0.15, 0.2) is 10.9 Å². The Labute approximate surface area is 173 Å². The molecule has 2 aromatic carbocycles. The molecule has 176 valence electrons. The Kier molecular flexibility index (Phi) is 5.63. The van der Waals surface area contributed by atoms with Crippen molar-refractivity contribution in [3.8, 4) is 5.69 Å². The molecule has 1 heterocycles. The third-order valence-electron chi connectivity index (χ3n) is 4.39. The van der Waals surface area contributed by atoms with Gasteiger partial charge in [0, 0.05) is 5.69 Å². The third kappa shape index (κ3) is 3.56. The van der Waals surface area contributed by atoms with Crippen molar-refractivity contribution in [2.75, 3.05) is 0 Å². The summed E-state index contributed by atoms with van der Waals surface area (Å²) in [6.07, 6.45) is -5.87. The number of rotatable bonds is 3. The van der Waals surface area contributed by atoms with Crippen LogP contribution in [0.5, 0.6) is 0 Å². The number of ketones is 1. The number of alkyl halides is 3. The molecule has 0 fully saturated rings. The Hall–Kier alpha value is -3.65. The van der Waals surface area contributed by atoms with Crippen LogP contribution in [-0.2, 0) is 6.18 Å². The summed E-state index contributed by atoms with van der Waals surface area (Å²) in [6.45, 7) is 0.811. The number of aromatic nitrogens is 2. The first-order valence-corrected chi connectivity index (χ1v) is 8.24. The summed E-state index contributed by atoms with van der Waals surface area (Å²) >= 11 is 0. The van der Waals surface area contributed by atoms with Crippen LogP contribution < -0.4 is 5.56 Å². The molecule has 0 saturated carbocycles. The first kappa shape index (κ1) is 24.0. The highest BCUT2D eigenvalue weighted by Gasteiger charge is 2.43. The monoisotopic (exact) mass is 490 g/mol. The molecule has 0 aliphatic rings. The standard InChI is InChI=1S/C18H5F11N2O2/c1-3-6(16(32)4-2-5(19)9(21)12(24)8(4)20)17(33)31(30-3)15-13(25)10(22)7(18(27,28)29)11(23)14(15)26/h2,30H,1H3. The molecule has 1 N–H and O–H groups in total. The number of hydrogen-bond acceptors (Lipinski definition) is 2. The fraction of sp³-hybridized carbons (Fsp3) is 0.111. The van der Waals surface area contributed by atoms with E-state index in [1.54, 1.807) is 5.10 Å². The number of nitrogens with one attached hydrogen (secondary N) is 1. The smallest absolute Gasteiger partial charge is 0.294 e. The number of hydrogen-bond donors (Lipinski definition) is 1. The lowest BCUT2D eigenvalue weighted by Crippen LogP contribution is -2.25. The van der Waals surface area contributed by atoms with Crippen molar-refractivity contribution in [2.45, 2.75) is 13.1 Å². The minimum absolute atomic E-state index is 0.134. The van der Waals surface area contributed by atoms with Gasteiger partial charge in [-0.3, -0.25) is 14.7 Å². The summed E-state index contributed by atoms with van der Waals surface area (Å²) < 4.78 is 148. The minimum atomic E-state index is -5.87. The van der Waals surface area contributed by atoms with Gasteiger partial charge in [-0.15, -0.1) is 0 Å². The van der Waals surface area contributed by atoms with Gasteiger partial charge in [-0.1, -0.05) is 0 Å². The highest BCUT2D eigenvalue weighted by atomic mass is 19.4. The molecule has 33 heavy (non-hydrogen) atoms. The van der Waals surface area contributed by atoms with E-state index in [0.717, 1.165) is 6.92 Å². The summed E-state index contributed by atoms with van der Waals surface area (Å²) in [5.41, 5.74) is -10.4.